The number of carbonyl (C=O) groups is 1. The highest BCUT2D eigenvalue weighted by molar-refractivity contribution is 5.71. The van der Waals surface area contributed by atoms with Gasteiger partial charge in [-0.15, -0.1) is 0 Å². The molecule has 1 atom stereocenters. The number of nitrogens with two attached hydrogens (primary N) is 1. The molecule has 0 aliphatic carbocycles. The molecule has 2 N–H and O–H groups in total. The third kappa shape index (κ3) is 3.68. The van der Waals surface area contributed by atoms with Gasteiger partial charge >= 0.3 is 5.97 Å². The van der Waals surface area contributed by atoms with Crippen LogP contribution >= 0.6 is 0 Å². The maximum atomic E-state index is 11.5. The van der Waals surface area contributed by atoms with Crippen molar-refractivity contribution in [2.24, 2.45) is 5.73 Å². The van der Waals surface area contributed by atoms with Crippen molar-refractivity contribution in [3.05, 3.63) is 60.2 Å². The summed E-state index contributed by atoms with van der Waals surface area (Å²) in [5.74, 6) is -0.259. The number of hydrogen-bond acceptors (Lipinski definition) is 3. The Morgan fingerprint density at radius 1 is 1.10 bits per heavy atom. The zero-order valence-corrected chi connectivity index (χ0v) is 11.6. The van der Waals surface area contributed by atoms with E-state index in [4.69, 9.17) is 10.5 Å². The van der Waals surface area contributed by atoms with Crippen molar-refractivity contribution in [1.29, 1.82) is 0 Å². The van der Waals surface area contributed by atoms with Gasteiger partial charge in [-0.05, 0) is 29.7 Å². The Labute approximate surface area is 119 Å². The fraction of sp³-hybridized carbons (Fsp3) is 0.235. The average molecular weight is 269 g/mol. The minimum atomic E-state index is -0.335. The van der Waals surface area contributed by atoms with Gasteiger partial charge in [0.25, 0.3) is 0 Å². The molecule has 1 unspecified atom stereocenters. The summed E-state index contributed by atoms with van der Waals surface area (Å²) in [6.07, 6.45) is 0.200. The van der Waals surface area contributed by atoms with E-state index in [0.29, 0.717) is 6.61 Å². The summed E-state index contributed by atoms with van der Waals surface area (Å²) in [7, 11) is 0. The fourth-order valence-corrected chi connectivity index (χ4v) is 2.10. The van der Waals surface area contributed by atoms with Crippen LogP contribution in [0.15, 0.2) is 54.6 Å². The van der Waals surface area contributed by atoms with E-state index < -0.39 is 0 Å². The van der Waals surface area contributed by atoms with E-state index in [1.165, 1.54) is 0 Å². The summed E-state index contributed by atoms with van der Waals surface area (Å²) in [6.45, 7) is 2.18. The first kappa shape index (κ1) is 14.3. The Kier molecular flexibility index (Phi) is 4.91. The van der Waals surface area contributed by atoms with E-state index in [9.17, 15) is 4.79 Å². The van der Waals surface area contributed by atoms with Crippen LogP contribution in [0.25, 0.3) is 11.1 Å². The van der Waals surface area contributed by atoms with Gasteiger partial charge in [0.15, 0.2) is 0 Å². The van der Waals surface area contributed by atoms with Crippen molar-refractivity contribution in [2.75, 3.05) is 6.61 Å². The summed E-state index contributed by atoms with van der Waals surface area (Å²) in [5, 5.41) is 0. The second-order valence-corrected chi connectivity index (χ2v) is 4.61. The lowest BCUT2D eigenvalue weighted by atomic mass is 9.98. The zero-order valence-electron chi connectivity index (χ0n) is 11.6. The first-order valence-corrected chi connectivity index (χ1v) is 6.77. The van der Waals surface area contributed by atoms with Crippen LogP contribution in [0.1, 0.15) is 24.9 Å². The quantitative estimate of drug-likeness (QED) is 0.847. The lowest BCUT2D eigenvalue weighted by Crippen LogP contribution is -2.17. The predicted octanol–water partition coefficient (Wildman–Crippen LogP) is 3.31. The lowest BCUT2D eigenvalue weighted by Gasteiger charge is -2.12. The molecule has 0 aromatic heterocycles. The molecule has 3 heteroatoms. The molecule has 0 aliphatic rings. The monoisotopic (exact) mass is 269 g/mol. The first-order chi connectivity index (χ1) is 9.70. The van der Waals surface area contributed by atoms with Gasteiger partial charge in [0.05, 0.1) is 13.0 Å². The van der Waals surface area contributed by atoms with Crippen LogP contribution in [0, 0.1) is 0 Å². The summed E-state index contributed by atoms with van der Waals surface area (Å²) in [4.78, 5) is 11.5. The molecule has 0 heterocycles. The predicted molar refractivity (Wildman–Crippen MR) is 80.1 cm³/mol. The minimum absolute atomic E-state index is 0.200. The normalized spacial score (nSPS) is 11.9. The second kappa shape index (κ2) is 6.87. The standard InChI is InChI=1S/C17H19NO2/c1-2-20-17(19)12-16(18)15-10-6-9-14(11-15)13-7-4-3-5-8-13/h3-11,16H,2,12,18H2,1H3. The molecular formula is C17H19NO2. The molecule has 2 rings (SSSR count). The summed E-state index contributed by atoms with van der Waals surface area (Å²) < 4.78 is 4.93. The second-order valence-electron chi connectivity index (χ2n) is 4.61. The molecule has 0 spiro atoms. The third-order valence-corrected chi connectivity index (χ3v) is 3.11. The van der Waals surface area contributed by atoms with Gasteiger partial charge in [-0.2, -0.15) is 0 Å². The molecule has 0 bridgehead atoms. The highest BCUT2D eigenvalue weighted by atomic mass is 16.5. The van der Waals surface area contributed by atoms with E-state index in [0.717, 1.165) is 16.7 Å². The van der Waals surface area contributed by atoms with Crippen molar-refractivity contribution in [1.82, 2.24) is 0 Å². The minimum Gasteiger partial charge on any atom is -0.466 e. The maximum Gasteiger partial charge on any atom is 0.307 e. The number of esters is 1. The molecule has 2 aromatic rings. The number of rotatable bonds is 5. The van der Waals surface area contributed by atoms with Gasteiger partial charge in [0.2, 0.25) is 0 Å². The molecule has 2 aromatic carbocycles. The van der Waals surface area contributed by atoms with Crippen molar-refractivity contribution in [2.45, 2.75) is 19.4 Å². The van der Waals surface area contributed by atoms with E-state index >= 15 is 0 Å². The van der Waals surface area contributed by atoms with Crippen molar-refractivity contribution in [3.63, 3.8) is 0 Å². The number of hydrogen-bond donors (Lipinski definition) is 1. The van der Waals surface area contributed by atoms with Gasteiger partial charge in [0, 0.05) is 6.04 Å². The Morgan fingerprint density at radius 2 is 1.80 bits per heavy atom. The van der Waals surface area contributed by atoms with E-state index in [1.807, 2.05) is 42.5 Å². The van der Waals surface area contributed by atoms with Gasteiger partial charge in [-0.1, -0.05) is 48.5 Å². The molecule has 0 saturated heterocycles. The SMILES string of the molecule is CCOC(=O)CC(N)c1cccc(-c2ccccc2)c1. The van der Waals surface area contributed by atoms with Crippen LogP contribution < -0.4 is 5.73 Å². The van der Waals surface area contributed by atoms with Gasteiger partial charge in [-0.25, -0.2) is 0 Å². The van der Waals surface area contributed by atoms with Crippen molar-refractivity contribution in [3.8, 4) is 11.1 Å². The number of carbonyl (C=O) groups excluding carboxylic acids is 1. The van der Waals surface area contributed by atoms with Gasteiger partial charge in [0.1, 0.15) is 0 Å². The van der Waals surface area contributed by atoms with Crippen LogP contribution in [-0.4, -0.2) is 12.6 Å². The summed E-state index contributed by atoms with van der Waals surface area (Å²) in [5.41, 5.74) is 9.25. The highest BCUT2D eigenvalue weighted by Gasteiger charge is 2.13. The third-order valence-electron chi connectivity index (χ3n) is 3.11. The average Bonchev–Trinajstić information content (AvgIpc) is 2.48. The van der Waals surface area contributed by atoms with Gasteiger partial charge < -0.3 is 10.5 Å². The van der Waals surface area contributed by atoms with Gasteiger partial charge in [-0.3, -0.25) is 4.79 Å². The molecule has 0 amide bonds. The van der Waals surface area contributed by atoms with Crippen LogP contribution in [0.3, 0.4) is 0 Å². The summed E-state index contributed by atoms with van der Waals surface area (Å²) in [6, 6.07) is 17.7. The van der Waals surface area contributed by atoms with E-state index in [1.54, 1.807) is 6.92 Å². The highest BCUT2D eigenvalue weighted by Crippen LogP contribution is 2.23. The molecule has 104 valence electrons. The largest absolute Gasteiger partial charge is 0.466 e. The first-order valence-electron chi connectivity index (χ1n) is 6.77. The van der Waals surface area contributed by atoms with Crippen molar-refractivity contribution >= 4 is 5.97 Å². The molecule has 0 radical (unpaired) electrons. The Bertz CT molecular complexity index is 566. The zero-order chi connectivity index (χ0) is 14.4. The Morgan fingerprint density at radius 3 is 2.50 bits per heavy atom. The topological polar surface area (TPSA) is 52.3 Å². The lowest BCUT2D eigenvalue weighted by molar-refractivity contribution is -0.143. The number of ether oxygens (including phenoxy) is 1. The molecule has 3 nitrogen and oxygen atoms in total. The molecular weight excluding hydrogens is 250 g/mol. The van der Waals surface area contributed by atoms with Crippen LogP contribution in [0.2, 0.25) is 0 Å². The van der Waals surface area contributed by atoms with Crippen molar-refractivity contribution < 1.29 is 9.53 Å². The van der Waals surface area contributed by atoms with Crippen LogP contribution in [-0.2, 0) is 9.53 Å². The van der Waals surface area contributed by atoms with E-state index in [2.05, 4.69) is 12.1 Å². The molecule has 0 aliphatic heterocycles. The Hall–Kier alpha value is -2.13. The van der Waals surface area contributed by atoms with Crippen LogP contribution in [0.4, 0.5) is 0 Å². The maximum absolute atomic E-state index is 11.5. The van der Waals surface area contributed by atoms with E-state index in [-0.39, 0.29) is 18.4 Å². The number of benzene rings is 2. The summed E-state index contributed by atoms with van der Waals surface area (Å²) >= 11 is 0. The molecule has 20 heavy (non-hydrogen) atoms. The fourth-order valence-electron chi connectivity index (χ4n) is 2.10. The smallest absolute Gasteiger partial charge is 0.307 e. The Balaban J connectivity index is 2.15. The molecule has 0 fully saturated rings. The van der Waals surface area contributed by atoms with Crippen LogP contribution in [0.5, 0.6) is 0 Å². The molecule has 0 saturated carbocycles.